The fourth-order valence-corrected chi connectivity index (χ4v) is 6.37. The summed E-state index contributed by atoms with van der Waals surface area (Å²) in [6, 6.07) is 27.4. The van der Waals surface area contributed by atoms with E-state index in [1.165, 1.54) is 29.2 Å². The highest BCUT2D eigenvalue weighted by atomic mass is 32.2. The first kappa shape index (κ1) is 33.4. The Hall–Kier alpha value is -4.50. The first-order valence-electron chi connectivity index (χ1n) is 15.0. The highest BCUT2D eigenvalue weighted by Crippen LogP contribution is 2.26. The molecule has 1 N–H and O–H groups in total. The van der Waals surface area contributed by atoms with E-state index < -0.39 is 34.3 Å². The zero-order valence-electron chi connectivity index (χ0n) is 26.1. The number of nitrogens with zero attached hydrogens (tertiary/aromatic N) is 2. The van der Waals surface area contributed by atoms with E-state index in [0.717, 1.165) is 38.7 Å². The van der Waals surface area contributed by atoms with Crippen molar-refractivity contribution in [1.29, 1.82) is 0 Å². The predicted octanol–water partition coefficient (Wildman–Crippen LogP) is 6.05. The van der Waals surface area contributed by atoms with Gasteiger partial charge in [-0.1, -0.05) is 91.7 Å². The second kappa shape index (κ2) is 15.0. The van der Waals surface area contributed by atoms with Gasteiger partial charge in [-0.05, 0) is 67.3 Å². The summed E-state index contributed by atoms with van der Waals surface area (Å²) >= 11 is 0. The van der Waals surface area contributed by atoms with Crippen LogP contribution in [0.25, 0.3) is 0 Å². The molecule has 2 amide bonds. The summed E-state index contributed by atoms with van der Waals surface area (Å²) in [4.78, 5) is 29.7. The van der Waals surface area contributed by atoms with Gasteiger partial charge in [0, 0.05) is 19.5 Å². The van der Waals surface area contributed by atoms with Crippen molar-refractivity contribution in [2.45, 2.75) is 51.6 Å². The maximum Gasteiger partial charge on any atom is 0.264 e. The number of hydrogen-bond donors (Lipinski definition) is 1. The lowest BCUT2D eigenvalue weighted by atomic mass is 10.0. The predicted molar refractivity (Wildman–Crippen MR) is 176 cm³/mol. The van der Waals surface area contributed by atoms with E-state index in [-0.39, 0.29) is 35.4 Å². The van der Waals surface area contributed by atoms with Crippen LogP contribution in [0.1, 0.15) is 36.1 Å². The minimum absolute atomic E-state index is 0.00836. The highest BCUT2D eigenvalue weighted by molar-refractivity contribution is 7.92. The van der Waals surface area contributed by atoms with Crippen LogP contribution in [0.5, 0.6) is 0 Å². The van der Waals surface area contributed by atoms with Crippen molar-refractivity contribution in [1.82, 2.24) is 10.2 Å². The van der Waals surface area contributed by atoms with E-state index in [1.807, 2.05) is 82.3 Å². The van der Waals surface area contributed by atoms with Gasteiger partial charge in [-0.25, -0.2) is 12.8 Å². The molecule has 4 rings (SSSR count). The van der Waals surface area contributed by atoms with Crippen LogP contribution in [-0.2, 0) is 32.6 Å². The number of aryl methyl sites for hydroxylation is 2. The number of benzene rings is 4. The molecular formula is C36H40FN3O4S. The Morgan fingerprint density at radius 3 is 2.07 bits per heavy atom. The maximum absolute atomic E-state index is 14.5. The second-order valence-electron chi connectivity index (χ2n) is 11.7. The third kappa shape index (κ3) is 9.01. The molecule has 45 heavy (non-hydrogen) atoms. The van der Waals surface area contributed by atoms with E-state index in [4.69, 9.17) is 0 Å². The van der Waals surface area contributed by atoms with Crippen molar-refractivity contribution < 1.29 is 22.4 Å². The number of nitrogens with one attached hydrogen (secondary N) is 1. The molecule has 0 heterocycles. The summed E-state index contributed by atoms with van der Waals surface area (Å²) in [6.45, 7) is 7.65. The number of carbonyl (C=O) groups is 2. The molecule has 0 saturated carbocycles. The van der Waals surface area contributed by atoms with E-state index in [2.05, 4.69) is 5.32 Å². The molecule has 0 aromatic heterocycles. The molecule has 0 aliphatic carbocycles. The standard InChI is InChI=1S/C36H40FN3O4S/c1-26(2)23-38-36(42)34(22-29-10-6-5-7-11-29)39(24-30-12-8-9-28(4)21-30)35(41)25-40(32-17-15-31(37)16-18-32)45(43,44)33-19-13-27(3)14-20-33/h5-21,26,34H,22-25H2,1-4H3,(H,38,42). The molecular weight excluding hydrogens is 589 g/mol. The van der Waals surface area contributed by atoms with Crippen LogP contribution in [0.3, 0.4) is 0 Å². The first-order chi connectivity index (χ1) is 21.4. The summed E-state index contributed by atoms with van der Waals surface area (Å²) < 4.78 is 43.0. The molecule has 0 fully saturated rings. The maximum atomic E-state index is 14.5. The van der Waals surface area contributed by atoms with Gasteiger partial charge >= 0.3 is 0 Å². The first-order valence-corrected chi connectivity index (χ1v) is 16.4. The van der Waals surface area contributed by atoms with Crippen LogP contribution >= 0.6 is 0 Å². The molecule has 0 saturated heterocycles. The van der Waals surface area contributed by atoms with Gasteiger partial charge in [0.1, 0.15) is 18.4 Å². The Morgan fingerprint density at radius 2 is 1.44 bits per heavy atom. The molecule has 236 valence electrons. The third-order valence-corrected chi connectivity index (χ3v) is 9.18. The summed E-state index contributed by atoms with van der Waals surface area (Å²) in [7, 11) is -4.26. The Morgan fingerprint density at radius 1 is 0.800 bits per heavy atom. The highest BCUT2D eigenvalue weighted by Gasteiger charge is 2.34. The molecule has 9 heteroatoms. The van der Waals surface area contributed by atoms with Crippen molar-refractivity contribution in [3.8, 4) is 0 Å². The average Bonchev–Trinajstić information content (AvgIpc) is 3.01. The monoisotopic (exact) mass is 629 g/mol. The molecule has 1 unspecified atom stereocenters. The van der Waals surface area contributed by atoms with Crippen molar-refractivity contribution in [3.63, 3.8) is 0 Å². The lowest BCUT2D eigenvalue weighted by molar-refractivity contribution is -0.140. The fraction of sp³-hybridized carbons (Fsp3) is 0.278. The topological polar surface area (TPSA) is 86.8 Å². The van der Waals surface area contributed by atoms with Crippen LogP contribution in [0.4, 0.5) is 10.1 Å². The third-order valence-electron chi connectivity index (χ3n) is 7.39. The molecule has 1 atom stereocenters. The summed E-state index contributed by atoms with van der Waals surface area (Å²) in [5.74, 6) is -1.26. The summed E-state index contributed by atoms with van der Waals surface area (Å²) in [5.41, 5.74) is 3.64. The number of sulfonamides is 1. The van der Waals surface area contributed by atoms with Gasteiger partial charge in [0.15, 0.2) is 0 Å². The van der Waals surface area contributed by atoms with E-state index in [1.54, 1.807) is 12.1 Å². The van der Waals surface area contributed by atoms with Crippen LogP contribution < -0.4 is 9.62 Å². The van der Waals surface area contributed by atoms with Gasteiger partial charge in [0.2, 0.25) is 11.8 Å². The second-order valence-corrected chi connectivity index (χ2v) is 13.5. The number of carbonyl (C=O) groups excluding carboxylic acids is 2. The van der Waals surface area contributed by atoms with Gasteiger partial charge in [0.05, 0.1) is 10.6 Å². The Labute approximate surface area is 265 Å². The molecule has 0 aliphatic heterocycles. The molecule has 4 aromatic rings. The van der Waals surface area contributed by atoms with Crippen LogP contribution in [0.2, 0.25) is 0 Å². The van der Waals surface area contributed by atoms with E-state index in [9.17, 15) is 22.4 Å². The van der Waals surface area contributed by atoms with Crippen molar-refractivity contribution in [2.24, 2.45) is 5.92 Å². The molecule has 0 radical (unpaired) electrons. The Bertz CT molecular complexity index is 1690. The molecule has 7 nitrogen and oxygen atoms in total. The van der Waals surface area contributed by atoms with Gasteiger partial charge in [0.25, 0.3) is 10.0 Å². The Balaban J connectivity index is 1.79. The van der Waals surface area contributed by atoms with Crippen LogP contribution in [-0.4, -0.2) is 44.3 Å². The fourth-order valence-electron chi connectivity index (χ4n) is 4.96. The quantitative estimate of drug-likeness (QED) is 0.195. The average molecular weight is 630 g/mol. The smallest absolute Gasteiger partial charge is 0.264 e. The zero-order chi connectivity index (χ0) is 32.6. The number of hydrogen-bond acceptors (Lipinski definition) is 4. The number of anilines is 1. The van der Waals surface area contributed by atoms with E-state index >= 15 is 0 Å². The van der Waals surface area contributed by atoms with Gasteiger partial charge in [-0.2, -0.15) is 0 Å². The molecule has 0 spiro atoms. The molecule has 0 bridgehead atoms. The minimum Gasteiger partial charge on any atom is -0.354 e. The van der Waals surface area contributed by atoms with Crippen molar-refractivity contribution in [3.05, 3.63) is 131 Å². The van der Waals surface area contributed by atoms with Crippen molar-refractivity contribution in [2.75, 3.05) is 17.4 Å². The minimum atomic E-state index is -4.26. The Kier molecular flexibility index (Phi) is 11.1. The van der Waals surface area contributed by atoms with Crippen LogP contribution in [0, 0.1) is 25.6 Å². The van der Waals surface area contributed by atoms with Crippen LogP contribution in [0.15, 0.2) is 108 Å². The summed E-state index contributed by atoms with van der Waals surface area (Å²) in [5, 5.41) is 2.98. The molecule has 0 aliphatic rings. The van der Waals surface area contributed by atoms with Gasteiger partial charge < -0.3 is 10.2 Å². The zero-order valence-corrected chi connectivity index (χ0v) is 26.9. The molecule has 4 aromatic carbocycles. The lowest BCUT2D eigenvalue weighted by Gasteiger charge is -2.34. The lowest BCUT2D eigenvalue weighted by Crippen LogP contribution is -2.53. The van der Waals surface area contributed by atoms with Gasteiger partial charge in [-0.3, -0.25) is 13.9 Å². The normalized spacial score (nSPS) is 12.0. The largest absolute Gasteiger partial charge is 0.354 e. The number of amides is 2. The number of rotatable bonds is 13. The van der Waals surface area contributed by atoms with Gasteiger partial charge in [-0.15, -0.1) is 0 Å². The van der Waals surface area contributed by atoms with Crippen molar-refractivity contribution >= 4 is 27.5 Å². The SMILES string of the molecule is Cc1ccc(S(=O)(=O)N(CC(=O)N(Cc2cccc(C)c2)C(Cc2ccccc2)C(=O)NCC(C)C)c2ccc(F)cc2)cc1. The van der Waals surface area contributed by atoms with E-state index in [0.29, 0.717) is 6.54 Å². The number of halogens is 1. The summed E-state index contributed by atoms with van der Waals surface area (Å²) in [6.07, 6.45) is 0.226.